The molecule has 0 saturated heterocycles. The van der Waals surface area contributed by atoms with E-state index in [1.165, 1.54) is 0 Å². The molecule has 2 aromatic carbocycles. The SMILES string of the molecule is COc1ccc(Nc2[nH]nc(N=Cc3ccc(N)cc3)c2C#N)cc1. The molecule has 4 N–H and O–H groups in total. The van der Waals surface area contributed by atoms with Crippen molar-refractivity contribution in [3.8, 4) is 11.8 Å². The number of ether oxygens (including phenoxy) is 1. The second-order valence-electron chi connectivity index (χ2n) is 5.19. The van der Waals surface area contributed by atoms with Crippen molar-refractivity contribution < 1.29 is 4.74 Å². The molecule has 7 nitrogen and oxygen atoms in total. The molecule has 25 heavy (non-hydrogen) atoms. The lowest BCUT2D eigenvalue weighted by Crippen LogP contribution is -1.93. The normalized spacial score (nSPS) is 10.6. The zero-order chi connectivity index (χ0) is 17.6. The van der Waals surface area contributed by atoms with Gasteiger partial charge in [-0.2, -0.15) is 10.4 Å². The molecule has 0 radical (unpaired) electrons. The third kappa shape index (κ3) is 3.76. The van der Waals surface area contributed by atoms with Crippen molar-refractivity contribution in [2.24, 2.45) is 4.99 Å². The van der Waals surface area contributed by atoms with E-state index in [1.807, 2.05) is 36.4 Å². The fourth-order valence-electron chi connectivity index (χ4n) is 2.16. The van der Waals surface area contributed by atoms with Crippen molar-refractivity contribution in [2.75, 3.05) is 18.2 Å². The van der Waals surface area contributed by atoms with Crippen LogP contribution in [0.15, 0.2) is 53.5 Å². The van der Waals surface area contributed by atoms with Gasteiger partial charge in [-0.3, -0.25) is 5.10 Å². The van der Waals surface area contributed by atoms with E-state index in [4.69, 9.17) is 10.5 Å². The Labute approximate surface area is 144 Å². The molecule has 0 bridgehead atoms. The molecule has 0 saturated carbocycles. The Morgan fingerprint density at radius 1 is 1.20 bits per heavy atom. The van der Waals surface area contributed by atoms with E-state index < -0.39 is 0 Å². The van der Waals surface area contributed by atoms with E-state index >= 15 is 0 Å². The van der Waals surface area contributed by atoms with Crippen LogP contribution in [0.2, 0.25) is 0 Å². The summed E-state index contributed by atoms with van der Waals surface area (Å²) in [7, 11) is 1.61. The number of nitrogen functional groups attached to an aromatic ring is 1. The number of aliphatic imine (C=N–C) groups is 1. The Morgan fingerprint density at radius 2 is 1.92 bits per heavy atom. The highest BCUT2D eigenvalue weighted by atomic mass is 16.5. The number of nitrogens with one attached hydrogen (secondary N) is 2. The summed E-state index contributed by atoms with van der Waals surface area (Å²) >= 11 is 0. The lowest BCUT2D eigenvalue weighted by atomic mass is 10.2. The Kier molecular flexibility index (Phi) is 4.62. The van der Waals surface area contributed by atoms with Gasteiger partial charge in [0.25, 0.3) is 0 Å². The first-order valence-corrected chi connectivity index (χ1v) is 7.49. The molecular weight excluding hydrogens is 316 g/mol. The van der Waals surface area contributed by atoms with Crippen LogP contribution in [0.3, 0.4) is 0 Å². The molecule has 7 heteroatoms. The number of anilines is 3. The lowest BCUT2D eigenvalue weighted by molar-refractivity contribution is 0.415. The Hall–Kier alpha value is -3.79. The number of nitrogens with two attached hydrogens (primary N) is 1. The third-order valence-electron chi connectivity index (χ3n) is 3.49. The number of methoxy groups -OCH3 is 1. The Balaban J connectivity index is 1.80. The maximum absolute atomic E-state index is 9.42. The van der Waals surface area contributed by atoms with Crippen molar-refractivity contribution in [2.45, 2.75) is 0 Å². The van der Waals surface area contributed by atoms with Crippen LogP contribution in [0.5, 0.6) is 5.75 Å². The highest BCUT2D eigenvalue weighted by molar-refractivity contribution is 5.83. The Morgan fingerprint density at radius 3 is 2.56 bits per heavy atom. The summed E-state index contributed by atoms with van der Waals surface area (Å²) < 4.78 is 5.12. The van der Waals surface area contributed by atoms with Crippen LogP contribution in [0.4, 0.5) is 23.0 Å². The highest BCUT2D eigenvalue weighted by Crippen LogP contribution is 2.26. The maximum Gasteiger partial charge on any atom is 0.193 e. The molecule has 0 aliphatic rings. The lowest BCUT2D eigenvalue weighted by Gasteiger charge is -2.05. The average molecular weight is 332 g/mol. The van der Waals surface area contributed by atoms with Crippen molar-refractivity contribution >= 4 is 29.2 Å². The van der Waals surface area contributed by atoms with Gasteiger partial charge in [-0.15, -0.1) is 0 Å². The number of hydrogen-bond donors (Lipinski definition) is 3. The number of nitriles is 1. The third-order valence-corrected chi connectivity index (χ3v) is 3.49. The number of rotatable bonds is 5. The molecule has 0 aliphatic carbocycles. The summed E-state index contributed by atoms with van der Waals surface area (Å²) in [6, 6.07) is 16.7. The smallest absolute Gasteiger partial charge is 0.193 e. The predicted molar refractivity (Wildman–Crippen MR) is 97.7 cm³/mol. The van der Waals surface area contributed by atoms with Gasteiger partial charge in [0.2, 0.25) is 0 Å². The second kappa shape index (κ2) is 7.19. The fraction of sp³-hybridized carbons (Fsp3) is 0.0556. The maximum atomic E-state index is 9.42. The molecule has 1 aromatic heterocycles. The highest BCUT2D eigenvalue weighted by Gasteiger charge is 2.12. The minimum absolute atomic E-state index is 0.315. The van der Waals surface area contributed by atoms with Crippen LogP contribution < -0.4 is 15.8 Å². The number of aromatic nitrogens is 2. The first-order valence-electron chi connectivity index (χ1n) is 7.49. The molecule has 0 spiro atoms. The van der Waals surface area contributed by atoms with Gasteiger partial charge in [-0.1, -0.05) is 12.1 Å². The first-order chi connectivity index (χ1) is 12.2. The summed E-state index contributed by atoms with van der Waals surface area (Å²) in [5.41, 5.74) is 8.34. The van der Waals surface area contributed by atoms with Crippen molar-refractivity contribution in [3.05, 3.63) is 59.7 Å². The summed E-state index contributed by atoms with van der Waals surface area (Å²) in [6.45, 7) is 0. The predicted octanol–water partition coefficient (Wildman–Crippen LogP) is 3.37. The number of nitrogens with zero attached hydrogens (tertiary/aromatic N) is 3. The van der Waals surface area contributed by atoms with E-state index in [9.17, 15) is 5.26 Å². The van der Waals surface area contributed by atoms with Crippen molar-refractivity contribution in [1.82, 2.24) is 10.2 Å². The summed E-state index contributed by atoms with van der Waals surface area (Å²) in [4.78, 5) is 4.28. The zero-order valence-corrected chi connectivity index (χ0v) is 13.5. The molecule has 0 aliphatic heterocycles. The summed E-state index contributed by atoms with van der Waals surface area (Å²) in [6.07, 6.45) is 1.63. The van der Waals surface area contributed by atoms with Crippen LogP contribution in [0.1, 0.15) is 11.1 Å². The van der Waals surface area contributed by atoms with Crippen LogP contribution in [0, 0.1) is 11.3 Å². The Bertz CT molecular complexity index is 920. The van der Waals surface area contributed by atoms with E-state index in [2.05, 4.69) is 26.6 Å². The van der Waals surface area contributed by atoms with Crippen molar-refractivity contribution in [1.29, 1.82) is 5.26 Å². The van der Waals surface area contributed by atoms with E-state index in [1.54, 1.807) is 25.5 Å². The largest absolute Gasteiger partial charge is 0.497 e. The molecule has 0 unspecified atom stereocenters. The fourth-order valence-corrected chi connectivity index (χ4v) is 2.16. The molecule has 3 aromatic rings. The topological polar surface area (TPSA) is 112 Å². The second-order valence-corrected chi connectivity index (χ2v) is 5.19. The summed E-state index contributed by atoms with van der Waals surface area (Å²) in [5.74, 6) is 1.55. The van der Waals surface area contributed by atoms with E-state index in [0.29, 0.717) is 22.9 Å². The number of hydrogen-bond acceptors (Lipinski definition) is 6. The van der Waals surface area contributed by atoms with Gasteiger partial charge in [-0.05, 0) is 42.0 Å². The zero-order valence-electron chi connectivity index (χ0n) is 13.5. The molecule has 3 rings (SSSR count). The van der Waals surface area contributed by atoms with Gasteiger partial charge in [0.1, 0.15) is 23.2 Å². The number of H-pyrrole nitrogens is 1. The molecule has 0 atom stereocenters. The quantitative estimate of drug-likeness (QED) is 0.490. The van der Waals surface area contributed by atoms with Gasteiger partial charge in [0.15, 0.2) is 5.82 Å². The van der Waals surface area contributed by atoms with Crippen LogP contribution in [-0.4, -0.2) is 23.5 Å². The minimum Gasteiger partial charge on any atom is -0.497 e. The van der Waals surface area contributed by atoms with Gasteiger partial charge in [-0.25, -0.2) is 4.99 Å². The average Bonchev–Trinajstić information content (AvgIpc) is 3.03. The van der Waals surface area contributed by atoms with Crippen LogP contribution in [-0.2, 0) is 0 Å². The monoisotopic (exact) mass is 332 g/mol. The van der Waals surface area contributed by atoms with Crippen molar-refractivity contribution in [3.63, 3.8) is 0 Å². The standard InChI is InChI=1S/C18H16N6O/c1-25-15-8-6-14(7-9-15)22-18-16(10-19)17(23-24-18)21-11-12-2-4-13(20)5-3-12/h2-9,11H,20H2,1H3,(H2,22,23,24). The molecular formula is C18H16N6O. The van der Waals surface area contributed by atoms with Crippen LogP contribution in [0.25, 0.3) is 0 Å². The van der Waals surface area contributed by atoms with E-state index in [-0.39, 0.29) is 0 Å². The minimum atomic E-state index is 0.315. The van der Waals surface area contributed by atoms with E-state index in [0.717, 1.165) is 17.0 Å². The first kappa shape index (κ1) is 16.1. The molecule has 0 amide bonds. The van der Waals surface area contributed by atoms with Crippen LogP contribution >= 0.6 is 0 Å². The van der Waals surface area contributed by atoms with Gasteiger partial charge in [0, 0.05) is 17.6 Å². The molecule has 0 fully saturated rings. The number of aromatic amines is 1. The molecule has 124 valence electrons. The molecule has 1 heterocycles. The van der Waals surface area contributed by atoms with Gasteiger partial charge in [0.05, 0.1) is 7.11 Å². The summed E-state index contributed by atoms with van der Waals surface area (Å²) in [5, 5.41) is 19.4. The number of benzene rings is 2. The van der Waals surface area contributed by atoms with Gasteiger partial charge >= 0.3 is 0 Å². The van der Waals surface area contributed by atoms with Gasteiger partial charge < -0.3 is 15.8 Å².